The predicted molar refractivity (Wildman–Crippen MR) is 42.6 cm³/mol. The molecule has 0 bridgehead atoms. The van der Waals surface area contributed by atoms with Crippen LogP contribution in [-0.4, -0.2) is 10.1 Å². The van der Waals surface area contributed by atoms with Crippen LogP contribution in [0.15, 0.2) is 22.4 Å². The fourth-order valence-electron chi connectivity index (χ4n) is 0.725. The molecule has 11 heavy (non-hydrogen) atoms. The highest BCUT2D eigenvalue weighted by molar-refractivity contribution is 7.14. The molecule has 2 aromatic rings. The van der Waals surface area contributed by atoms with E-state index in [0.717, 1.165) is 9.90 Å². The molecule has 3 nitrogen and oxygen atoms in total. The summed E-state index contributed by atoms with van der Waals surface area (Å²) in [7, 11) is 0. The average molecular weight is 187 g/mol. The van der Waals surface area contributed by atoms with Crippen molar-refractivity contribution in [2.75, 3.05) is 0 Å². The first-order valence-electron chi connectivity index (χ1n) is 2.87. The molecule has 0 spiro atoms. The highest BCUT2D eigenvalue weighted by atomic mass is 35.5. The van der Waals surface area contributed by atoms with E-state index in [0.29, 0.717) is 5.82 Å². The molecule has 0 radical (unpaired) electrons. The Kier molecular flexibility index (Phi) is 1.63. The van der Waals surface area contributed by atoms with Gasteiger partial charge in [0.1, 0.15) is 0 Å². The number of halogens is 1. The van der Waals surface area contributed by atoms with Gasteiger partial charge in [0.05, 0.1) is 4.34 Å². The van der Waals surface area contributed by atoms with Gasteiger partial charge in [-0.25, -0.2) is 0 Å². The third kappa shape index (κ3) is 1.27. The zero-order chi connectivity index (χ0) is 7.68. The number of thiophene rings is 1. The van der Waals surface area contributed by atoms with Gasteiger partial charge in [0.15, 0.2) is 0 Å². The molecule has 2 heterocycles. The van der Waals surface area contributed by atoms with Crippen LogP contribution in [0.4, 0.5) is 0 Å². The molecule has 0 aliphatic rings. The van der Waals surface area contributed by atoms with Gasteiger partial charge in [-0.1, -0.05) is 16.8 Å². The van der Waals surface area contributed by atoms with Gasteiger partial charge >= 0.3 is 0 Å². The fraction of sp³-hybridized carbons (Fsp3) is 0. The van der Waals surface area contributed by atoms with E-state index in [2.05, 4.69) is 14.7 Å². The van der Waals surface area contributed by atoms with Crippen LogP contribution >= 0.6 is 22.9 Å². The van der Waals surface area contributed by atoms with Gasteiger partial charge < -0.3 is 4.52 Å². The molecule has 0 atom stereocenters. The Bertz CT molecular complexity index is 343. The maximum atomic E-state index is 5.71. The van der Waals surface area contributed by atoms with Crippen LogP contribution in [0.3, 0.4) is 0 Å². The highest BCUT2D eigenvalue weighted by Gasteiger charge is 2.04. The molecule has 56 valence electrons. The maximum Gasteiger partial charge on any atom is 0.214 e. The molecule has 0 aromatic carbocycles. The summed E-state index contributed by atoms with van der Waals surface area (Å²) in [4.78, 5) is 3.87. The second-order valence-electron chi connectivity index (χ2n) is 1.89. The van der Waals surface area contributed by atoms with Gasteiger partial charge in [0.25, 0.3) is 0 Å². The molecule has 0 unspecified atom stereocenters. The zero-order valence-corrected chi connectivity index (χ0v) is 6.89. The van der Waals surface area contributed by atoms with E-state index in [1.54, 1.807) is 6.07 Å². The summed E-state index contributed by atoms with van der Waals surface area (Å²) in [5, 5.41) is 5.54. The van der Waals surface area contributed by atoms with Crippen LogP contribution < -0.4 is 0 Å². The lowest BCUT2D eigenvalue weighted by atomic mass is 10.3. The molecular formula is C6H3ClN2OS. The van der Waals surface area contributed by atoms with Crippen LogP contribution in [-0.2, 0) is 0 Å². The number of hydrogen-bond donors (Lipinski definition) is 0. The monoisotopic (exact) mass is 186 g/mol. The Labute approximate surface area is 71.6 Å². The third-order valence-electron chi connectivity index (χ3n) is 1.19. The Morgan fingerprint density at radius 1 is 1.55 bits per heavy atom. The quantitative estimate of drug-likeness (QED) is 0.687. The SMILES string of the molecule is Clc1cc(-c2ncon2)cs1. The number of nitrogens with zero attached hydrogens (tertiary/aromatic N) is 2. The number of aromatic nitrogens is 2. The van der Waals surface area contributed by atoms with Crippen molar-refractivity contribution in [3.63, 3.8) is 0 Å². The molecule has 0 amide bonds. The topological polar surface area (TPSA) is 38.9 Å². The largest absolute Gasteiger partial charge is 0.342 e. The van der Waals surface area contributed by atoms with Crippen molar-refractivity contribution in [1.29, 1.82) is 0 Å². The first kappa shape index (κ1) is 6.82. The minimum Gasteiger partial charge on any atom is -0.342 e. The van der Waals surface area contributed by atoms with Crippen molar-refractivity contribution in [1.82, 2.24) is 10.1 Å². The Morgan fingerprint density at radius 3 is 3.00 bits per heavy atom. The normalized spacial score (nSPS) is 10.3. The van der Waals surface area contributed by atoms with Crippen LogP contribution in [0.2, 0.25) is 4.34 Å². The molecule has 0 saturated heterocycles. The lowest BCUT2D eigenvalue weighted by Crippen LogP contribution is -1.73. The highest BCUT2D eigenvalue weighted by Crippen LogP contribution is 2.25. The van der Waals surface area contributed by atoms with Crippen molar-refractivity contribution in [2.45, 2.75) is 0 Å². The van der Waals surface area contributed by atoms with Crippen molar-refractivity contribution >= 4 is 22.9 Å². The van der Waals surface area contributed by atoms with Crippen LogP contribution in [0.1, 0.15) is 0 Å². The van der Waals surface area contributed by atoms with E-state index in [9.17, 15) is 0 Å². The van der Waals surface area contributed by atoms with E-state index in [-0.39, 0.29) is 0 Å². The molecule has 0 N–H and O–H groups in total. The second kappa shape index (κ2) is 2.64. The molecule has 0 aliphatic heterocycles. The molecule has 5 heteroatoms. The molecule has 2 rings (SSSR count). The van der Waals surface area contributed by atoms with E-state index in [1.165, 1.54) is 17.7 Å². The Morgan fingerprint density at radius 2 is 2.45 bits per heavy atom. The van der Waals surface area contributed by atoms with Crippen LogP contribution in [0.5, 0.6) is 0 Å². The summed E-state index contributed by atoms with van der Waals surface area (Å²) < 4.78 is 5.31. The zero-order valence-electron chi connectivity index (χ0n) is 5.32. The summed E-state index contributed by atoms with van der Waals surface area (Å²) in [5.74, 6) is 0.577. The van der Waals surface area contributed by atoms with Crippen molar-refractivity contribution in [3.8, 4) is 11.4 Å². The standard InChI is InChI=1S/C6H3ClN2OS/c7-5-1-4(2-11-5)6-8-3-10-9-6/h1-3H. The Hall–Kier alpha value is -0.870. The van der Waals surface area contributed by atoms with Crippen LogP contribution in [0.25, 0.3) is 11.4 Å². The minimum atomic E-state index is 0.577. The summed E-state index contributed by atoms with van der Waals surface area (Å²) in [6.07, 6.45) is 1.29. The summed E-state index contributed by atoms with van der Waals surface area (Å²) in [5.41, 5.74) is 0.897. The molecular weight excluding hydrogens is 184 g/mol. The average Bonchev–Trinajstić information content (AvgIpc) is 2.55. The molecule has 2 aromatic heterocycles. The van der Waals surface area contributed by atoms with Gasteiger partial charge in [-0.2, -0.15) is 4.98 Å². The fourth-order valence-corrected chi connectivity index (χ4v) is 1.58. The summed E-state index contributed by atoms with van der Waals surface area (Å²) >= 11 is 7.16. The Balaban J connectivity index is 2.45. The maximum absolute atomic E-state index is 5.71. The van der Waals surface area contributed by atoms with Crippen molar-refractivity contribution in [2.24, 2.45) is 0 Å². The first-order valence-corrected chi connectivity index (χ1v) is 4.13. The molecule has 0 aliphatic carbocycles. The van der Waals surface area contributed by atoms with E-state index in [1.807, 2.05) is 5.38 Å². The third-order valence-corrected chi connectivity index (χ3v) is 2.28. The number of rotatable bonds is 1. The van der Waals surface area contributed by atoms with Gasteiger partial charge in [0, 0.05) is 10.9 Å². The molecule has 0 fully saturated rings. The smallest absolute Gasteiger partial charge is 0.214 e. The van der Waals surface area contributed by atoms with Gasteiger partial charge in [-0.05, 0) is 6.07 Å². The van der Waals surface area contributed by atoms with E-state index >= 15 is 0 Å². The minimum absolute atomic E-state index is 0.577. The summed E-state index contributed by atoms with van der Waals surface area (Å²) in [6.45, 7) is 0. The first-order chi connectivity index (χ1) is 5.36. The van der Waals surface area contributed by atoms with E-state index in [4.69, 9.17) is 11.6 Å². The van der Waals surface area contributed by atoms with Gasteiger partial charge in [-0.15, -0.1) is 11.3 Å². The van der Waals surface area contributed by atoms with Gasteiger partial charge in [-0.3, -0.25) is 0 Å². The lowest BCUT2D eigenvalue weighted by molar-refractivity contribution is 0.419. The number of hydrogen-bond acceptors (Lipinski definition) is 4. The predicted octanol–water partition coefficient (Wildman–Crippen LogP) is 2.45. The van der Waals surface area contributed by atoms with Gasteiger partial charge in [0.2, 0.25) is 12.2 Å². The molecule has 0 saturated carbocycles. The van der Waals surface area contributed by atoms with Crippen molar-refractivity contribution < 1.29 is 4.52 Å². The second-order valence-corrected chi connectivity index (χ2v) is 3.44. The van der Waals surface area contributed by atoms with E-state index < -0.39 is 0 Å². The lowest BCUT2D eigenvalue weighted by Gasteiger charge is -1.80. The van der Waals surface area contributed by atoms with Crippen LogP contribution in [0, 0.1) is 0 Å². The van der Waals surface area contributed by atoms with Crippen molar-refractivity contribution in [3.05, 3.63) is 22.2 Å². The summed E-state index contributed by atoms with van der Waals surface area (Å²) in [6, 6.07) is 1.80.